The van der Waals surface area contributed by atoms with Crippen molar-refractivity contribution in [2.75, 3.05) is 19.0 Å². The molecule has 3 nitrogen and oxygen atoms in total. The van der Waals surface area contributed by atoms with Crippen molar-refractivity contribution >= 4 is 21.8 Å². The fraction of sp³-hybridized carbons (Fsp3) is 0.917. The lowest BCUT2D eigenvalue weighted by atomic mass is 10.1. The predicted octanol–water partition coefficient (Wildman–Crippen LogP) is 2.87. The highest BCUT2D eigenvalue weighted by Gasteiger charge is 2.09. The summed E-state index contributed by atoms with van der Waals surface area (Å²) in [5.74, 6) is 0.137. The lowest BCUT2D eigenvalue weighted by Gasteiger charge is -2.14. The van der Waals surface area contributed by atoms with Gasteiger partial charge in [-0.15, -0.1) is 0 Å². The van der Waals surface area contributed by atoms with Gasteiger partial charge in [0.05, 0.1) is 12.6 Å². The molecule has 1 amide bonds. The van der Waals surface area contributed by atoms with Crippen LogP contribution in [0, 0.1) is 0 Å². The highest BCUT2D eigenvalue weighted by molar-refractivity contribution is 9.09. The summed E-state index contributed by atoms with van der Waals surface area (Å²) < 4.78 is 5.01. The standard InChI is InChI=1S/C12H24BrNO2/c1-3-4-5-6-7-8-12(15)14-11(9-13)10-16-2/h11H,3-10H2,1-2H3,(H,14,15). The number of carbonyl (C=O) groups is 1. The van der Waals surface area contributed by atoms with Crippen molar-refractivity contribution in [3.63, 3.8) is 0 Å². The van der Waals surface area contributed by atoms with Crippen LogP contribution in [0.15, 0.2) is 0 Å². The number of ether oxygens (including phenoxy) is 1. The maximum absolute atomic E-state index is 11.5. The molecule has 0 saturated heterocycles. The van der Waals surface area contributed by atoms with E-state index in [2.05, 4.69) is 28.2 Å². The van der Waals surface area contributed by atoms with Gasteiger partial charge in [-0.1, -0.05) is 48.5 Å². The summed E-state index contributed by atoms with van der Waals surface area (Å²) in [4.78, 5) is 11.5. The Kier molecular flexibility index (Phi) is 11.3. The number of alkyl halides is 1. The van der Waals surface area contributed by atoms with Crippen LogP contribution in [0.5, 0.6) is 0 Å². The second kappa shape index (κ2) is 11.4. The summed E-state index contributed by atoms with van der Waals surface area (Å²) in [5, 5.41) is 3.69. The van der Waals surface area contributed by atoms with Crippen molar-refractivity contribution in [2.45, 2.75) is 51.5 Å². The molecule has 1 N–H and O–H groups in total. The summed E-state index contributed by atoms with van der Waals surface area (Å²) in [7, 11) is 1.65. The summed E-state index contributed by atoms with van der Waals surface area (Å²) in [6.07, 6.45) is 6.54. The van der Waals surface area contributed by atoms with E-state index in [1.54, 1.807) is 7.11 Å². The number of methoxy groups -OCH3 is 1. The van der Waals surface area contributed by atoms with E-state index in [0.29, 0.717) is 13.0 Å². The van der Waals surface area contributed by atoms with Crippen molar-refractivity contribution in [2.24, 2.45) is 0 Å². The van der Waals surface area contributed by atoms with E-state index in [0.717, 1.165) is 18.2 Å². The molecule has 0 rings (SSSR count). The van der Waals surface area contributed by atoms with Crippen LogP contribution in [0.2, 0.25) is 0 Å². The SMILES string of the molecule is CCCCCCCC(=O)NC(CBr)COC. The third-order valence-electron chi connectivity index (χ3n) is 2.43. The van der Waals surface area contributed by atoms with Gasteiger partial charge in [0.2, 0.25) is 5.91 Å². The van der Waals surface area contributed by atoms with Crippen LogP contribution < -0.4 is 5.32 Å². The lowest BCUT2D eigenvalue weighted by Crippen LogP contribution is -2.39. The smallest absolute Gasteiger partial charge is 0.220 e. The molecule has 0 aromatic carbocycles. The van der Waals surface area contributed by atoms with Gasteiger partial charge < -0.3 is 10.1 Å². The van der Waals surface area contributed by atoms with E-state index in [9.17, 15) is 4.79 Å². The number of halogens is 1. The van der Waals surface area contributed by atoms with Gasteiger partial charge in [-0.3, -0.25) is 4.79 Å². The second-order valence-corrected chi connectivity index (χ2v) is 4.69. The van der Waals surface area contributed by atoms with Crippen molar-refractivity contribution in [3.05, 3.63) is 0 Å². The normalized spacial score (nSPS) is 12.4. The third kappa shape index (κ3) is 9.16. The molecule has 1 atom stereocenters. The topological polar surface area (TPSA) is 38.3 Å². The molecule has 0 spiro atoms. The van der Waals surface area contributed by atoms with Crippen LogP contribution in [-0.4, -0.2) is 31.0 Å². The molecule has 0 fully saturated rings. The Hall–Kier alpha value is -0.0900. The van der Waals surface area contributed by atoms with Crippen molar-refractivity contribution < 1.29 is 9.53 Å². The molecule has 0 radical (unpaired) electrons. The number of carbonyl (C=O) groups excluding carboxylic acids is 1. The molecule has 0 heterocycles. The largest absolute Gasteiger partial charge is 0.383 e. The van der Waals surface area contributed by atoms with E-state index in [-0.39, 0.29) is 11.9 Å². The molecule has 4 heteroatoms. The average molecular weight is 294 g/mol. The van der Waals surface area contributed by atoms with E-state index in [4.69, 9.17) is 4.74 Å². The predicted molar refractivity (Wildman–Crippen MR) is 71.0 cm³/mol. The third-order valence-corrected chi connectivity index (χ3v) is 3.21. The quantitative estimate of drug-likeness (QED) is 0.497. The van der Waals surface area contributed by atoms with Gasteiger partial charge in [-0.25, -0.2) is 0 Å². The number of nitrogens with one attached hydrogen (secondary N) is 1. The Labute approximate surface area is 107 Å². The van der Waals surface area contributed by atoms with Crippen LogP contribution in [-0.2, 0) is 9.53 Å². The van der Waals surface area contributed by atoms with Gasteiger partial charge in [-0.05, 0) is 6.42 Å². The zero-order chi connectivity index (χ0) is 12.2. The highest BCUT2D eigenvalue weighted by atomic mass is 79.9. The molecule has 96 valence electrons. The molecule has 0 aliphatic carbocycles. The first kappa shape index (κ1) is 15.9. The van der Waals surface area contributed by atoms with Crippen molar-refractivity contribution in [3.8, 4) is 0 Å². The zero-order valence-corrected chi connectivity index (χ0v) is 12.0. The number of hydrogen-bond donors (Lipinski definition) is 1. The van der Waals surface area contributed by atoms with Crippen LogP contribution in [0.1, 0.15) is 45.4 Å². The van der Waals surface area contributed by atoms with E-state index >= 15 is 0 Å². The highest BCUT2D eigenvalue weighted by Crippen LogP contribution is 2.05. The van der Waals surface area contributed by atoms with Crippen LogP contribution >= 0.6 is 15.9 Å². The minimum Gasteiger partial charge on any atom is -0.383 e. The fourth-order valence-electron chi connectivity index (χ4n) is 1.51. The summed E-state index contributed by atoms with van der Waals surface area (Å²) in [5.41, 5.74) is 0. The van der Waals surface area contributed by atoms with Gasteiger partial charge in [0, 0.05) is 18.9 Å². The minimum absolute atomic E-state index is 0.0909. The summed E-state index contributed by atoms with van der Waals surface area (Å²) >= 11 is 3.35. The molecular formula is C12H24BrNO2. The Morgan fingerprint density at radius 3 is 2.56 bits per heavy atom. The van der Waals surface area contributed by atoms with Crippen LogP contribution in [0.25, 0.3) is 0 Å². The van der Waals surface area contributed by atoms with Gasteiger partial charge in [0.1, 0.15) is 0 Å². The Bertz CT molecular complexity index is 176. The van der Waals surface area contributed by atoms with E-state index < -0.39 is 0 Å². The van der Waals surface area contributed by atoms with Crippen molar-refractivity contribution in [1.29, 1.82) is 0 Å². The zero-order valence-electron chi connectivity index (χ0n) is 10.4. The first-order chi connectivity index (χ1) is 7.74. The molecule has 16 heavy (non-hydrogen) atoms. The Morgan fingerprint density at radius 1 is 1.31 bits per heavy atom. The molecular weight excluding hydrogens is 270 g/mol. The van der Waals surface area contributed by atoms with Crippen LogP contribution in [0.3, 0.4) is 0 Å². The molecule has 0 aromatic rings. The van der Waals surface area contributed by atoms with Crippen LogP contribution in [0.4, 0.5) is 0 Å². The number of hydrogen-bond acceptors (Lipinski definition) is 2. The van der Waals surface area contributed by atoms with Gasteiger partial charge in [0.15, 0.2) is 0 Å². The summed E-state index contributed by atoms with van der Waals surface area (Å²) in [6.45, 7) is 2.75. The molecule has 1 unspecified atom stereocenters. The maximum Gasteiger partial charge on any atom is 0.220 e. The Balaban J connectivity index is 3.48. The number of amides is 1. The fourth-order valence-corrected chi connectivity index (χ4v) is 1.86. The molecule has 0 bridgehead atoms. The first-order valence-corrected chi connectivity index (χ1v) is 7.21. The van der Waals surface area contributed by atoms with E-state index in [1.165, 1.54) is 19.3 Å². The Morgan fingerprint density at radius 2 is 2.00 bits per heavy atom. The van der Waals surface area contributed by atoms with Gasteiger partial charge in [0.25, 0.3) is 0 Å². The first-order valence-electron chi connectivity index (χ1n) is 6.08. The van der Waals surface area contributed by atoms with Gasteiger partial charge in [-0.2, -0.15) is 0 Å². The minimum atomic E-state index is 0.0909. The number of rotatable bonds is 10. The maximum atomic E-state index is 11.5. The molecule has 0 aromatic heterocycles. The van der Waals surface area contributed by atoms with Gasteiger partial charge >= 0.3 is 0 Å². The molecule has 0 aliphatic rings. The average Bonchev–Trinajstić information content (AvgIpc) is 2.28. The van der Waals surface area contributed by atoms with E-state index in [1.807, 2.05) is 0 Å². The molecule has 0 aliphatic heterocycles. The second-order valence-electron chi connectivity index (χ2n) is 4.04. The monoisotopic (exact) mass is 293 g/mol. The lowest BCUT2D eigenvalue weighted by molar-refractivity contribution is -0.122. The summed E-state index contributed by atoms with van der Waals surface area (Å²) in [6, 6.07) is 0.0909. The number of unbranched alkanes of at least 4 members (excludes halogenated alkanes) is 4. The van der Waals surface area contributed by atoms with Crippen molar-refractivity contribution in [1.82, 2.24) is 5.32 Å². The molecule has 0 saturated carbocycles.